The molecule has 1 aliphatic rings. The van der Waals surface area contributed by atoms with Crippen LogP contribution in [0.2, 0.25) is 0 Å². The van der Waals surface area contributed by atoms with E-state index >= 15 is 0 Å². The van der Waals surface area contributed by atoms with Crippen molar-refractivity contribution in [2.75, 3.05) is 37.3 Å². The Morgan fingerprint density at radius 1 is 1.47 bits per heavy atom. The van der Waals surface area contributed by atoms with Crippen LogP contribution in [0.15, 0.2) is 12.4 Å². The van der Waals surface area contributed by atoms with Gasteiger partial charge in [0.25, 0.3) is 0 Å². The van der Waals surface area contributed by atoms with Gasteiger partial charge in [-0.2, -0.15) is 5.26 Å². The first-order valence-electron chi connectivity index (χ1n) is 6.67. The molecular weight excluding hydrogens is 240 g/mol. The summed E-state index contributed by atoms with van der Waals surface area (Å²) in [5.74, 6) is 2.05. The first kappa shape index (κ1) is 13.6. The second-order valence-electron chi connectivity index (χ2n) is 5.01. The standard InChI is InChI=1S/C13H20N6/c1-19-6-2-3-11(8-19)4-5-15-12-7-13(16-9-14)18-10-17-12/h7,10-11H,2-6,8H2,1H3,(H2,15,16,17,18). The van der Waals surface area contributed by atoms with Crippen molar-refractivity contribution in [2.24, 2.45) is 5.92 Å². The second kappa shape index (κ2) is 6.90. The van der Waals surface area contributed by atoms with Crippen molar-refractivity contribution in [1.82, 2.24) is 14.9 Å². The molecular formula is C13H20N6. The third-order valence-electron chi connectivity index (χ3n) is 3.43. The normalized spacial score (nSPS) is 19.7. The Hall–Kier alpha value is -1.87. The molecule has 1 atom stereocenters. The first-order chi connectivity index (χ1) is 9.28. The summed E-state index contributed by atoms with van der Waals surface area (Å²) >= 11 is 0. The maximum absolute atomic E-state index is 8.54. The average Bonchev–Trinajstić information content (AvgIpc) is 2.40. The van der Waals surface area contributed by atoms with Gasteiger partial charge in [-0.3, -0.25) is 5.32 Å². The molecule has 19 heavy (non-hydrogen) atoms. The number of likely N-dealkylation sites (tertiary alicyclic amines) is 1. The quantitative estimate of drug-likeness (QED) is 0.617. The predicted octanol–water partition coefficient (Wildman–Crippen LogP) is 1.51. The molecule has 2 heterocycles. The van der Waals surface area contributed by atoms with Crippen LogP contribution in [0.25, 0.3) is 0 Å². The van der Waals surface area contributed by atoms with Crippen LogP contribution in [0.5, 0.6) is 0 Å². The fourth-order valence-electron chi connectivity index (χ4n) is 2.49. The minimum Gasteiger partial charge on any atom is -0.370 e. The van der Waals surface area contributed by atoms with Gasteiger partial charge in [0.15, 0.2) is 6.19 Å². The molecule has 2 rings (SSSR count). The topological polar surface area (TPSA) is 76.9 Å². The van der Waals surface area contributed by atoms with E-state index in [0.717, 1.165) is 24.7 Å². The van der Waals surface area contributed by atoms with Gasteiger partial charge < -0.3 is 10.2 Å². The summed E-state index contributed by atoms with van der Waals surface area (Å²) in [7, 11) is 2.18. The molecule has 1 aromatic heterocycles. The Kier molecular flexibility index (Phi) is 4.93. The maximum atomic E-state index is 8.54. The molecule has 6 nitrogen and oxygen atoms in total. The molecule has 1 fully saturated rings. The highest BCUT2D eigenvalue weighted by Gasteiger charge is 2.16. The van der Waals surface area contributed by atoms with Crippen LogP contribution in [-0.2, 0) is 0 Å². The monoisotopic (exact) mass is 260 g/mol. The lowest BCUT2D eigenvalue weighted by Crippen LogP contribution is -2.32. The molecule has 6 heteroatoms. The highest BCUT2D eigenvalue weighted by Crippen LogP contribution is 2.18. The van der Waals surface area contributed by atoms with E-state index in [2.05, 4.69) is 32.5 Å². The van der Waals surface area contributed by atoms with Crippen molar-refractivity contribution in [3.63, 3.8) is 0 Å². The highest BCUT2D eigenvalue weighted by molar-refractivity contribution is 5.48. The number of anilines is 2. The summed E-state index contributed by atoms with van der Waals surface area (Å²) in [4.78, 5) is 10.5. The second-order valence-corrected chi connectivity index (χ2v) is 5.01. The molecule has 0 radical (unpaired) electrons. The fourth-order valence-corrected chi connectivity index (χ4v) is 2.49. The maximum Gasteiger partial charge on any atom is 0.182 e. The summed E-state index contributed by atoms with van der Waals surface area (Å²) in [5.41, 5.74) is 0. The van der Waals surface area contributed by atoms with E-state index in [9.17, 15) is 0 Å². The van der Waals surface area contributed by atoms with E-state index in [1.807, 2.05) is 6.19 Å². The highest BCUT2D eigenvalue weighted by atomic mass is 15.1. The molecule has 0 saturated carbocycles. The van der Waals surface area contributed by atoms with Gasteiger partial charge in [-0.05, 0) is 38.8 Å². The number of nitrogens with one attached hydrogen (secondary N) is 2. The smallest absolute Gasteiger partial charge is 0.182 e. The fraction of sp³-hybridized carbons (Fsp3) is 0.615. The number of aromatic nitrogens is 2. The Bertz CT molecular complexity index is 441. The molecule has 1 aromatic rings. The van der Waals surface area contributed by atoms with E-state index in [1.165, 1.54) is 32.3 Å². The summed E-state index contributed by atoms with van der Waals surface area (Å²) in [6.45, 7) is 3.31. The number of rotatable bonds is 5. The summed E-state index contributed by atoms with van der Waals surface area (Å²) < 4.78 is 0. The third kappa shape index (κ3) is 4.38. The van der Waals surface area contributed by atoms with E-state index in [0.29, 0.717) is 5.82 Å². The van der Waals surface area contributed by atoms with Crippen LogP contribution >= 0.6 is 0 Å². The molecule has 0 amide bonds. The van der Waals surface area contributed by atoms with Gasteiger partial charge >= 0.3 is 0 Å². The zero-order chi connectivity index (χ0) is 13.5. The Morgan fingerprint density at radius 2 is 2.32 bits per heavy atom. The summed E-state index contributed by atoms with van der Waals surface area (Å²) in [5, 5.41) is 14.3. The molecule has 0 aliphatic carbocycles. The number of hydrogen-bond donors (Lipinski definition) is 2. The van der Waals surface area contributed by atoms with E-state index in [-0.39, 0.29) is 0 Å². The van der Waals surface area contributed by atoms with Gasteiger partial charge in [-0.25, -0.2) is 9.97 Å². The van der Waals surface area contributed by atoms with Gasteiger partial charge in [-0.1, -0.05) is 0 Å². The summed E-state index contributed by atoms with van der Waals surface area (Å²) in [6, 6.07) is 1.75. The van der Waals surface area contributed by atoms with Gasteiger partial charge in [0.05, 0.1) is 0 Å². The molecule has 0 aromatic carbocycles. The molecule has 102 valence electrons. The van der Waals surface area contributed by atoms with Crippen LogP contribution in [0.4, 0.5) is 11.6 Å². The molecule has 0 bridgehead atoms. The van der Waals surface area contributed by atoms with Gasteiger partial charge in [0.1, 0.15) is 18.0 Å². The predicted molar refractivity (Wildman–Crippen MR) is 74.6 cm³/mol. The molecule has 0 spiro atoms. The van der Waals surface area contributed by atoms with Crippen molar-refractivity contribution < 1.29 is 0 Å². The van der Waals surface area contributed by atoms with Crippen LogP contribution in [0.3, 0.4) is 0 Å². The lowest BCUT2D eigenvalue weighted by Gasteiger charge is -2.29. The number of nitrogens with zero attached hydrogens (tertiary/aromatic N) is 4. The largest absolute Gasteiger partial charge is 0.370 e. The molecule has 1 saturated heterocycles. The number of piperidine rings is 1. The van der Waals surface area contributed by atoms with Crippen molar-refractivity contribution in [2.45, 2.75) is 19.3 Å². The Balaban J connectivity index is 1.76. The molecule has 2 N–H and O–H groups in total. The average molecular weight is 260 g/mol. The molecule has 1 unspecified atom stereocenters. The van der Waals surface area contributed by atoms with E-state index in [1.54, 1.807) is 6.07 Å². The Labute approximate surface area is 113 Å². The third-order valence-corrected chi connectivity index (χ3v) is 3.43. The number of hydrogen-bond acceptors (Lipinski definition) is 6. The minimum absolute atomic E-state index is 0.525. The zero-order valence-electron chi connectivity index (χ0n) is 11.3. The molecule has 1 aliphatic heterocycles. The van der Waals surface area contributed by atoms with Crippen LogP contribution in [0, 0.1) is 17.4 Å². The van der Waals surface area contributed by atoms with E-state index < -0.39 is 0 Å². The van der Waals surface area contributed by atoms with Crippen molar-refractivity contribution >= 4 is 11.6 Å². The summed E-state index contributed by atoms with van der Waals surface area (Å²) in [6.07, 6.45) is 7.07. The van der Waals surface area contributed by atoms with Crippen LogP contribution in [-0.4, -0.2) is 41.5 Å². The SMILES string of the molecule is CN1CCCC(CCNc2cc(NC#N)ncn2)C1. The first-order valence-corrected chi connectivity index (χ1v) is 6.67. The lowest BCUT2D eigenvalue weighted by atomic mass is 9.95. The van der Waals surface area contributed by atoms with Crippen molar-refractivity contribution in [3.05, 3.63) is 12.4 Å². The van der Waals surface area contributed by atoms with Crippen LogP contribution < -0.4 is 10.6 Å². The number of nitriles is 1. The zero-order valence-corrected chi connectivity index (χ0v) is 11.3. The van der Waals surface area contributed by atoms with Crippen molar-refractivity contribution in [3.8, 4) is 6.19 Å². The Morgan fingerprint density at radius 3 is 3.11 bits per heavy atom. The van der Waals surface area contributed by atoms with Crippen LogP contribution in [0.1, 0.15) is 19.3 Å². The van der Waals surface area contributed by atoms with Gasteiger partial charge in [-0.15, -0.1) is 0 Å². The van der Waals surface area contributed by atoms with Gasteiger partial charge in [0.2, 0.25) is 0 Å². The van der Waals surface area contributed by atoms with Crippen molar-refractivity contribution in [1.29, 1.82) is 5.26 Å². The lowest BCUT2D eigenvalue weighted by molar-refractivity contribution is 0.205. The van der Waals surface area contributed by atoms with Gasteiger partial charge in [0, 0.05) is 19.2 Å². The van der Waals surface area contributed by atoms with E-state index in [4.69, 9.17) is 5.26 Å². The minimum atomic E-state index is 0.525.